The Morgan fingerprint density at radius 1 is 0.169 bits per heavy atom. The van der Waals surface area contributed by atoms with E-state index in [1.54, 1.807) is 0 Å². The van der Waals surface area contributed by atoms with Crippen LogP contribution in [0.15, 0.2) is 303 Å². The van der Waals surface area contributed by atoms with E-state index in [1.807, 2.05) is 11.3 Å². The molecule has 0 aliphatic carbocycles. The average Bonchev–Trinajstić information content (AvgIpc) is 2.03. The van der Waals surface area contributed by atoms with Crippen molar-refractivity contribution >= 4 is 107 Å². The number of benzene rings is 16. The molecule has 16 aromatic carbocycles. The Bertz CT molecular complexity index is 5480. The molecule has 1 aromatic heterocycles. The number of fused-ring (bicyclic) bond motifs is 10. The summed E-state index contributed by atoms with van der Waals surface area (Å²) in [7, 11) is 0. The second-order valence-electron chi connectivity index (χ2n) is 22.2. The zero-order valence-electron chi connectivity index (χ0n) is 45.3. The van der Waals surface area contributed by atoms with Crippen LogP contribution in [0.2, 0.25) is 0 Å². The van der Waals surface area contributed by atoms with E-state index in [4.69, 9.17) is 0 Å². The summed E-state index contributed by atoms with van der Waals surface area (Å²) in [6, 6.07) is 113. The first kappa shape index (κ1) is 47.4. The number of hydrogen-bond donors (Lipinski definition) is 0. The summed E-state index contributed by atoms with van der Waals surface area (Å²) in [5, 5.41) is 20.0. The predicted octanol–water partition coefficient (Wildman–Crippen LogP) is 23.8. The number of hydrogen-bond acceptors (Lipinski definition) is 1. The maximum atomic E-state index is 2.46. The lowest BCUT2D eigenvalue weighted by Gasteiger charge is -2.20. The fourth-order valence-corrected chi connectivity index (χ4v) is 15.0. The zero-order chi connectivity index (χ0) is 54.5. The molecule has 0 nitrogen and oxygen atoms in total. The summed E-state index contributed by atoms with van der Waals surface area (Å²) in [6.07, 6.45) is 0. The molecule has 0 N–H and O–H groups in total. The van der Waals surface area contributed by atoms with Crippen molar-refractivity contribution in [2.45, 2.75) is 0 Å². The van der Waals surface area contributed by atoms with Gasteiger partial charge in [-0.25, -0.2) is 0 Å². The minimum atomic E-state index is 1.19. The van der Waals surface area contributed by atoms with Crippen LogP contribution >= 0.6 is 11.3 Å². The molecule has 17 rings (SSSR count). The fraction of sp³-hybridized carbons (Fsp3) is 0. The first-order chi connectivity index (χ1) is 41.2. The zero-order valence-corrected chi connectivity index (χ0v) is 46.1. The van der Waals surface area contributed by atoms with Crippen LogP contribution in [0.4, 0.5) is 0 Å². The smallest absolute Gasteiger partial charge is 0.0361 e. The maximum Gasteiger partial charge on any atom is 0.0361 e. The van der Waals surface area contributed by atoms with E-state index in [9.17, 15) is 0 Å². The van der Waals surface area contributed by atoms with E-state index in [1.165, 1.54) is 173 Å². The first-order valence-corrected chi connectivity index (χ1v) is 29.5. The highest BCUT2D eigenvalue weighted by atomic mass is 32.1. The molecule has 0 saturated carbocycles. The molecule has 0 fully saturated rings. The predicted molar refractivity (Wildman–Crippen MR) is 360 cm³/mol. The third-order valence-electron chi connectivity index (χ3n) is 17.6. The molecule has 0 saturated heterocycles. The van der Waals surface area contributed by atoms with Crippen LogP contribution < -0.4 is 0 Å². The van der Waals surface area contributed by atoms with Crippen LogP contribution in [-0.2, 0) is 0 Å². The molecule has 0 atom stereocenters. The molecule has 1 heteroatoms. The van der Waals surface area contributed by atoms with E-state index in [0.29, 0.717) is 0 Å². The Kier molecular flexibility index (Phi) is 10.9. The van der Waals surface area contributed by atoms with E-state index in [2.05, 4.69) is 303 Å². The van der Waals surface area contributed by atoms with Gasteiger partial charge < -0.3 is 0 Å². The molecule has 1 heterocycles. The van der Waals surface area contributed by atoms with Crippen molar-refractivity contribution < 1.29 is 0 Å². The third kappa shape index (κ3) is 7.66. The van der Waals surface area contributed by atoms with Gasteiger partial charge >= 0.3 is 0 Å². The quantitative estimate of drug-likeness (QED) is 0.140. The highest BCUT2D eigenvalue weighted by Crippen LogP contribution is 2.49. The summed E-state index contributed by atoms with van der Waals surface area (Å²) in [4.78, 5) is 0. The van der Waals surface area contributed by atoms with Gasteiger partial charge in [-0.3, -0.25) is 0 Å². The van der Waals surface area contributed by atoms with Crippen molar-refractivity contribution in [1.29, 1.82) is 0 Å². The van der Waals surface area contributed by atoms with Crippen LogP contribution in [0.1, 0.15) is 0 Å². The molecule has 0 bridgehead atoms. The molecular formula is C82H50S. The highest BCUT2D eigenvalue weighted by molar-refractivity contribution is 7.26. The molecule has 0 aliphatic rings. The van der Waals surface area contributed by atoms with Crippen molar-refractivity contribution in [3.8, 4) is 77.9 Å². The minimum Gasteiger partial charge on any atom is -0.135 e. The molecule has 0 unspecified atom stereocenters. The maximum absolute atomic E-state index is 2.46. The van der Waals surface area contributed by atoms with Crippen molar-refractivity contribution in [3.05, 3.63) is 303 Å². The molecule has 0 aliphatic heterocycles. The van der Waals surface area contributed by atoms with Gasteiger partial charge in [-0.05, 0) is 190 Å². The molecule has 0 radical (unpaired) electrons. The normalized spacial score (nSPS) is 11.9. The number of rotatable bonds is 7. The number of thiophene rings is 1. The van der Waals surface area contributed by atoms with Gasteiger partial charge in [0.2, 0.25) is 0 Å². The minimum absolute atomic E-state index is 1.19. The van der Waals surface area contributed by atoms with Crippen molar-refractivity contribution in [3.63, 3.8) is 0 Å². The van der Waals surface area contributed by atoms with Gasteiger partial charge in [0.25, 0.3) is 0 Å². The Morgan fingerprint density at radius 3 is 1.25 bits per heavy atom. The largest absolute Gasteiger partial charge is 0.135 e. The van der Waals surface area contributed by atoms with Gasteiger partial charge in [-0.2, -0.15) is 0 Å². The second-order valence-corrected chi connectivity index (χ2v) is 23.2. The van der Waals surface area contributed by atoms with Gasteiger partial charge in [-0.1, -0.05) is 267 Å². The molecule has 17 aromatic rings. The highest BCUT2D eigenvalue weighted by Gasteiger charge is 2.22. The standard InChI is InChI=1S/C82H50S/c1-2-19-54(20-3-1)79-68-26-9-8-25-67(68)78(71-46-42-59(50-74(71)79)66-32-16-34-77-82(66)73-29-12-13-33-76(73)83-77)55-38-36-53(37-39-55)63-30-15-23-57-48-61(43-44-65(57)63)81-70-28-11-10-27-69(70)80(60-40-35-51-17-4-5-21-56(51)47-60)72-45-41-58(49-75(72)81)64-31-14-22-52-18-6-7-24-62(52)64/h1-50H. The van der Waals surface area contributed by atoms with E-state index in [0.717, 1.165) is 0 Å². The summed E-state index contributed by atoms with van der Waals surface area (Å²) in [5.41, 5.74) is 17.2. The van der Waals surface area contributed by atoms with Crippen LogP contribution in [-0.4, -0.2) is 0 Å². The lowest BCUT2D eigenvalue weighted by Crippen LogP contribution is -1.93. The first-order valence-electron chi connectivity index (χ1n) is 28.7. The Labute approximate surface area is 485 Å². The summed E-state index contributed by atoms with van der Waals surface area (Å²) in [5.74, 6) is 0. The molecular weight excluding hydrogens is 1020 g/mol. The Balaban J connectivity index is 0.818. The molecule has 83 heavy (non-hydrogen) atoms. The summed E-state index contributed by atoms with van der Waals surface area (Å²) in [6.45, 7) is 0. The van der Waals surface area contributed by atoms with Gasteiger partial charge in [-0.15, -0.1) is 11.3 Å². The van der Waals surface area contributed by atoms with Gasteiger partial charge in [0, 0.05) is 20.2 Å². The topological polar surface area (TPSA) is 0 Å². The monoisotopic (exact) mass is 1070 g/mol. The van der Waals surface area contributed by atoms with Crippen LogP contribution in [0.5, 0.6) is 0 Å². The average molecular weight is 1070 g/mol. The van der Waals surface area contributed by atoms with Gasteiger partial charge in [0.05, 0.1) is 0 Å². The van der Waals surface area contributed by atoms with E-state index >= 15 is 0 Å². The summed E-state index contributed by atoms with van der Waals surface area (Å²) >= 11 is 1.88. The van der Waals surface area contributed by atoms with Gasteiger partial charge in [0.1, 0.15) is 0 Å². The Hall–Kier alpha value is -10.4. The van der Waals surface area contributed by atoms with E-state index < -0.39 is 0 Å². The molecule has 0 spiro atoms. The fourth-order valence-electron chi connectivity index (χ4n) is 13.9. The van der Waals surface area contributed by atoms with Crippen molar-refractivity contribution in [2.75, 3.05) is 0 Å². The lowest BCUT2D eigenvalue weighted by atomic mass is 9.83. The Morgan fingerprint density at radius 2 is 0.554 bits per heavy atom. The SMILES string of the molecule is c1ccc(-c2c3ccccc3c(-c3ccc(-c4cccc5cc(-c6c7ccccc7c(-c7ccc8ccccc8c7)c7ccc(-c8cccc9ccccc89)cc67)ccc45)cc3)c3ccc(-c4cccc5sc6ccccc6c45)cc23)cc1. The van der Waals surface area contributed by atoms with Crippen molar-refractivity contribution in [2.24, 2.45) is 0 Å². The van der Waals surface area contributed by atoms with Crippen LogP contribution in [0.3, 0.4) is 0 Å². The van der Waals surface area contributed by atoms with Crippen LogP contribution in [0, 0.1) is 0 Å². The van der Waals surface area contributed by atoms with Gasteiger partial charge in [0.15, 0.2) is 0 Å². The third-order valence-corrected chi connectivity index (χ3v) is 18.8. The molecule has 0 amide bonds. The van der Waals surface area contributed by atoms with Crippen molar-refractivity contribution in [1.82, 2.24) is 0 Å². The van der Waals surface area contributed by atoms with E-state index in [-0.39, 0.29) is 0 Å². The molecule has 384 valence electrons. The second kappa shape index (κ2) is 19.1. The summed E-state index contributed by atoms with van der Waals surface area (Å²) < 4.78 is 2.63. The lowest BCUT2D eigenvalue weighted by molar-refractivity contribution is 1.62. The van der Waals surface area contributed by atoms with Crippen LogP contribution in [0.25, 0.3) is 173 Å².